The molecule has 0 aromatic heterocycles. The van der Waals surface area contributed by atoms with Crippen LogP contribution in [0.5, 0.6) is 0 Å². The number of anilines is 1. The van der Waals surface area contributed by atoms with Gasteiger partial charge in [0.15, 0.2) is 0 Å². The molecule has 1 saturated heterocycles. The molecule has 1 aromatic carbocycles. The SMILES string of the molecule is CCCNCc1cc(F)cc(N2CCC(C)C2)c1. The Balaban J connectivity index is 2.06. The Kier molecular flexibility index (Phi) is 4.59. The topological polar surface area (TPSA) is 15.3 Å². The second kappa shape index (κ2) is 6.19. The Morgan fingerprint density at radius 3 is 2.89 bits per heavy atom. The molecular formula is C15H23FN2. The molecule has 1 heterocycles. The molecule has 2 nitrogen and oxygen atoms in total. The van der Waals surface area contributed by atoms with Crippen molar-refractivity contribution in [2.75, 3.05) is 24.5 Å². The lowest BCUT2D eigenvalue weighted by Crippen LogP contribution is -2.20. The van der Waals surface area contributed by atoms with Crippen molar-refractivity contribution in [1.82, 2.24) is 5.32 Å². The first-order chi connectivity index (χ1) is 8.69. The van der Waals surface area contributed by atoms with Crippen LogP contribution >= 0.6 is 0 Å². The molecule has 1 unspecified atom stereocenters. The Hall–Kier alpha value is -1.09. The predicted octanol–water partition coefficient (Wildman–Crippen LogP) is 3.17. The van der Waals surface area contributed by atoms with Gasteiger partial charge in [0.05, 0.1) is 0 Å². The van der Waals surface area contributed by atoms with Crippen LogP contribution in [0.3, 0.4) is 0 Å². The quantitative estimate of drug-likeness (QED) is 0.807. The average molecular weight is 250 g/mol. The lowest BCUT2D eigenvalue weighted by atomic mass is 10.1. The van der Waals surface area contributed by atoms with E-state index in [1.165, 1.54) is 6.42 Å². The van der Waals surface area contributed by atoms with E-state index in [1.54, 1.807) is 12.1 Å². The predicted molar refractivity (Wildman–Crippen MR) is 74.4 cm³/mol. The van der Waals surface area contributed by atoms with Crippen molar-refractivity contribution >= 4 is 5.69 Å². The molecule has 0 amide bonds. The number of halogens is 1. The highest BCUT2D eigenvalue weighted by molar-refractivity contribution is 5.50. The molecule has 0 saturated carbocycles. The summed E-state index contributed by atoms with van der Waals surface area (Å²) in [6.07, 6.45) is 2.31. The molecule has 2 rings (SSSR count). The molecule has 3 heteroatoms. The Morgan fingerprint density at radius 1 is 1.39 bits per heavy atom. The molecule has 1 aliphatic rings. The zero-order chi connectivity index (χ0) is 13.0. The first-order valence-corrected chi connectivity index (χ1v) is 6.94. The van der Waals surface area contributed by atoms with Crippen molar-refractivity contribution in [2.24, 2.45) is 5.92 Å². The fourth-order valence-electron chi connectivity index (χ4n) is 2.50. The van der Waals surface area contributed by atoms with E-state index in [0.717, 1.165) is 49.8 Å². The molecule has 1 aliphatic heterocycles. The van der Waals surface area contributed by atoms with Crippen LogP contribution in [0.15, 0.2) is 18.2 Å². The van der Waals surface area contributed by atoms with Crippen molar-refractivity contribution in [3.8, 4) is 0 Å². The van der Waals surface area contributed by atoms with Gasteiger partial charge in [0.25, 0.3) is 0 Å². The normalized spacial score (nSPS) is 19.5. The van der Waals surface area contributed by atoms with Crippen LogP contribution in [0.4, 0.5) is 10.1 Å². The maximum Gasteiger partial charge on any atom is 0.125 e. The lowest BCUT2D eigenvalue weighted by Gasteiger charge is -2.19. The summed E-state index contributed by atoms with van der Waals surface area (Å²) in [6.45, 7) is 8.21. The van der Waals surface area contributed by atoms with Gasteiger partial charge in [0.2, 0.25) is 0 Å². The molecule has 0 spiro atoms. The van der Waals surface area contributed by atoms with Crippen LogP contribution in [-0.4, -0.2) is 19.6 Å². The highest BCUT2D eigenvalue weighted by atomic mass is 19.1. The van der Waals surface area contributed by atoms with Crippen LogP contribution in [0.1, 0.15) is 32.3 Å². The number of nitrogens with zero attached hydrogens (tertiary/aromatic N) is 1. The molecule has 1 fully saturated rings. The summed E-state index contributed by atoms with van der Waals surface area (Å²) in [4.78, 5) is 2.29. The number of hydrogen-bond donors (Lipinski definition) is 1. The van der Waals surface area contributed by atoms with Crippen molar-refractivity contribution in [3.63, 3.8) is 0 Å². The highest BCUT2D eigenvalue weighted by Gasteiger charge is 2.19. The molecule has 18 heavy (non-hydrogen) atoms. The maximum absolute atomic E-state index is 13.6. The zero-order valence-corrected chi connectivity index (χ0v) is 11.4. The van der Waals surface area contributed by atoms with Crippen molar-refractivity contribution in [2.45, 2.75) is 33.2 Å². The molecular weight excluding hydrogens is 227 g/mol. The van der Waals surface area contributed by atoms with E-state index in [9.17, 15) is 4.39 Å². The van der Waals surface area contributed by atoms with Gasteiger partial charge < -0.3 is 10.2 Å². The van der Waals surface area contributed by atoms with Gasteiger partial charge in [0, 0.05) is 25.3 Å². The third-order valence-corrected chi connectivity index (χ3v) is 3.49. The van der Waals surface area contributed by atoms with Crippen molar-refractivity contribution < 1.29 is 4.39 Å². The highest BCUT2D eigenvalue weighted by Crippen LogP contribution is 2.25. The van der Waals surface area contributed by atoms with Crippen LogP contribution in [0, 0.1) is 11.7 Å². The zero-order valence-electron chi connectivity index (χ0n) is 11.4. The van der Waals surface area contributed by atoms with Gasteiger partial charge in [-0.15, -0.1) is 0 Å². The summed E-state index contributed by atoms with van der Waals surface area (Å²) in [5.74, 6) is 0.593. The second-order valence-electron chi connectivity index (χ2n) is 5.33. The number of hydrogen-bond acceptors (Lipinski definition) is 2. The van der Waals surface area contributed by atoms with E-state index in [2.05, 4.69) is 30.1 Å². The minimum atomic E-state index is -0.125. The van der Waals surface area contributed by atoms with Crippen LogP contribution in [-0.2, 0) is 6.54 Å². The minimum Gasteiger partial charge on any atom is -0.371 e. The van der Waals surface area contributed by atoms with Gasteiger partial charge in [-0.05, 0) is 49.1 Å². The number of nitrogens with one attached hydrogen (secondary N) is 1. The van der Waals surface area contributed by atoms with Gasteiger partial charge in [0.1, 0.15) is 5.82 Å². The van der Waals surface area contributed by atoms with Crippen molar-refractivity contribution in [3.05, 3.63) is 29.6 Å². The number of rotatable bonds is 5. The molecule has 1 aromatic rings. The standard InChI is InChI=1S/C15H23FN2/c1-3-5-17-10-13-7-14(16)9-15(8-13)18-6-4-12(2)11-18/h7-9,12,17H,3-6,10-11H2,1-2H3. The molecule has 1 atom stereocenters. The monoisotopic (exact) mass is 250 g/mol. The fraction of sp³-hybridized carbons (Fsp3) is 0.600. The van der Waals surface area contributed by atoms with Crippen LogP contribution in [0.2, 0.25) is 0 Å². The Bertz CT molecular complexity index is 392. The van der Waals surface area contributed by atoms with Gasteiger partial charge in [-0.3, -0.25) is 0 Å². The van der Waals surface area contributed by atoms with Gasteiger partial charge in [-0.25, -0.2) is 4.39 Å². The summed E-state index contributed by atoms with van der Waals surface area (Å²) >= 11 is 0. The summed E-state index contributed by atoms with van der Waals surface area (Å²) in [7, 11) is 0. The van der Waals surface area contributed by atoms with E-state index in [4.69, 9.17) is 0 Å². The van der Waals surface area contributed by atoms with Gasteiger partial charge >= 0.3 is 0 Å². The molecule has 100 valence electrons. The summed E-state index contributed by atoms with van der Waals surface area (Å²) in [5.41, 5.74) is 2.07. The first-order valence-electron chi connectivity index (χ1n) is 6.94. The largest absolute Gasteiger partial charge is 0.371 e. The van der Waals surface area contributed by atoms with Crippen LogP contribution < -0.4 is 10.2 Å². The molecule has 0 aliphatic carbocycles. The summed E-state index contributed by atoms with van der Waals surface area (Å²) in [6, 6.07) is 5.40. The summed E-state index contributed by atoms with van der Waals surface area (Å²) < 4.78 is 13.6. The molecule has 0 radical (unpaired) electrons. The minimum absolute atomic E-state index is 0.125. The maximum atomic E-state index is 13.6. The fourth-order valence-corrected chi connectivity index (χ4v) is 2.50. The number of benzene rings is 1. The second-order valence-corrected chi connectivity index (χ2v) is 5.33. The van der Waals surface area contributed by atoms with E-state index in [0.29, 0.717) is 0 Å². The first kappa shape index (κ1) is 13.3. The third-order valence-electron chi connectivity index (χ3n) is 3.49. The average Bonchev–Trinajstić information content (AvgIpc) is 2.76. The van der Waals surface area contributed by atoms with E-state index >= 15 is 0 Å². The Labute approximate surface area is 109 Å². The van der Waals surface area contributed by atoms with E-state index in [1.807, 2.05) is 0 Å². The van der Waals surface area contributed by atoms with E-state index in [-0.39, 0.29) is 5.82 Å². The Morgan fingerprint density at radius 2 is 2.22 bits per heavy atom. The lowest BCUT2D eigenvalue weighted by molar-refractivity contribution is 0.618. The van der Waals surface area contributed by atoms with E-state index < -0.39 is 0 Å². The molecule has 0 bridgehead atoms. The smallest absolute Gasteiger partial charge is 0.125 e. The van der Waals surface area contributed by atoms with Gasteiger partial charge in [-0.1, -0.05) is 13.8 Å². The molecule has 1 N–H and O–H groups in total. The van der Waals surface area contributed by atoms with Crippen LogP contribution in [0.25, 0.3) is 0 Å². The van der Waals surface area contributed by atoms with Gasteiger partial charge in [-0.2, -0.15) is 0 Å². The third kappa shape index (κ3) is 3.45. The summed E-state index contributed by atoms with van der Waals surface area (Å²) in [5, 5.41) is 3.32. The van der Waals surface area contributed by atoms with Crippen molar-refractivity contribution in [1.29, 1.82) is 0 Å².